The Labute approximate surface area is 162 Å². The highest BCUT2D eigenvalue weighted by molar-refractivity contribution is 5.71. The van der Waals surface area contributed by atoms with E-state index >= 15 is 0 Å². The molecule has 0 radical (unpaired) electrons. The Bertz CT molecular complexity index is 879. The average Bonchev–Trinajstić information content (AvgIpc) is 3.06. The van der Waals surface area contributed by atoms with Crippen molar-refractivity contribution in [3.05, 3.63) is 53.9 Å². The molecule has 0 saturated heterocycles. The Morgan fingerprint density at radius 1 is 1.04 bits per heavy atom. The molecule has 144 valence electrons. The molecule has 0 bridgehead atoms. The van der Waals surface area contributed by atoms with E-state index in [9.17, 15) is 5.11 Å². The first-order chi connectivity index (χ1) is 12.4. The van der Waals surface area contributed by atoms with Crippen LogP contribution in [0.15, 0.2) is 52.6 Å². The number of rotatable bonds is 2. The molecule has 0 aliphatic heterocycles. The minimum absolute atomic E-state index is 0.0517. The summed E-state index contributed by atoms with van der Waals surface area (Å²) in [4.78, 5) is 4.59. The van der Waals surface area contributed by atoms with Crippen LogP contribution in [0.3, 0.4) is 0 Å². The van der Waals surface area contributed by atoms with E-state index in [0.717, 1.165) is 5.56 Å². The highest BCUT2D eigenvalue weighted by atomic mass is 16.5. The van der Waals surface area contributed by atoms with Crippen LogP contribution >= 0.6 is 0 Å². The predicted octanol–water partition coefficient (Wildman–Crippen LogP) is 5.52. The molecule has 1 aromatic heterocycles. The predicted molar refractivity (Wildman–Crippen MR) is 109 cm³/mol. The van der Waals surface area contributed by atoms with E-state index in [0.29, 0.717) is 17.3 Å². The Balaban J connectivity index is 2.10. The van der Waals surface area contributed by atoms with Gasteiger partial charge in [-0.25, -0.2) is 0 Å². The van der Waals surface area contributed by atoms with Gasteiger partial charge in [0.2, 0.25) is 5.82 Å². The van der Waals surface area contributed by atoms with Crippen LogP contribution in [0.1, 0.15) is 54.3 Å². The van der Waals surface area contributed by atoms with E-state index in [2.05, 4.69) is 64.7 Å². The number of hydrogen-bond acceptors (Lipinski definition) is 4. The lowest BCUT2D eigenvalue weighted by molar-refractivity contribution is 0.0295. The van der Waals surface area contributed by atoms with Gasteiger partial charge in [-0.3, -0.25) is 0 Å². The number of benzene rings is 1. The summed E-state index contributed by atoms with van der Waals surface area (Å²) in [7, 11) is 0. The summed E-state index contributed by atoms with van der Waals surface area (Å²) in [6.45, 7) is 15.1. The molecule has 2 aromatic rings. The Hall–Kier alpha value is -2.20. The smallest absolute Gasteiger partial charge is 0.258 e. The van der Waals surface area contributed by atoms with Crippen LogP contribution in [-0.2, 0) is 0 Å². The second-order valence-corrected chi connectivity index (χ2v) is 9.67. The average molecular weight is 367 g/mol. The highest BCUT2D eigenvalue weighted by Gasteiger charge is 2.47. The number of hydrogen-bond donors (Lipinski definition) is 1. The van der Waals surface area contributed by atoms with Crippen LogP contribution in [0.2, 0.25) is 0 Å². The van der Waals surface area contributed by atoms with Crippen molar-refractivity contribution in [3.63, 3.8) is 0 Å². The number of aromatic nitrogens is 2. The summed E-state index contributed by atoms with van der Waals surface area (Å²) in [6, 6.07) is 9.69. The van der Waals surface area contributed by atoms with Crippen LogP contribution in [0, 0.1) is 16.2 Å². The molecule has 0 spiro atoms. The minimum Gasteiger partial charge on any atom is -0.387 e. The fraction of sp³-hybridized carbons (Fsp3) is 0.478. The van der Waals surface area contributed by atoms with E-state index in [4.69, 9.17) is 4.52 Å². The SMILES string of the molecule is CC(C)(C)C1=CC(C)(C(C)(C)C)C(O)C(c2noc(-c3ccccc3)n2)=C1. The molecule has 1 aromatic carbocycles. The molecule has 1 aliphatic rings. The molecule has 2 unspecified atom stereocenters. The highest BCUT2D eigenvalue weighted by Crippen LogP contribution is 2.51. The topological polar surface area (TPSA) is 59.2 Å². The van der Waals surface area contributed by atoms with Crippen molar-refractivity contribution in [2.24, 2.45) is 16.2 Å². The van der Waals surface area contributed by atoms with Gasteiger partial charge in [0, 0.05) is 16.6 Å². The molecule has 3 rings (SSSR count). The van der Waals surface area contributed by atoms with Gasteiger partial charge >= 0.3 is 0 Å². The van der Waals surface area contributed by atoms with Gasteiger partial charge in [0.25, 0.3) is 5.89 Å². The maximum Gasteiger partial charge on any atom is 0.258 e. The maximum absolute atomic E-state index is 11.3. The second kappa shape index (κ2) is 6.45. The normalized spacial score (nSPS) is 23.8. The van der Waals surface area contributed by atoms with Gasteiger partial charge in [0.1, 0.15) is 0 Å². The van der Waals surface area contributed by atoms with E-state index in [1.54, 1.807) is 0 Å². The zero-order valence-electron chi connectivity index (χ0n) is 17.4. The van der Waals surface area contributed by atoms with Crippen molar-refractivity contribution < 1.29 is 9.63 Å². The molecule has 4 nitrogen and oxygen atoms in total. The van der Waals surface area contributed by atoms with Crippen molar-refractivity contribution >= 4 is 5.57 Å². The molecular formula is C23H30N2O2. The summed E-state index contributed by atoms with van der Waals surface area (Å²) in [5, 5.41) is 15.5. The van der Waals surface area contributed by atoms with Crippen molar-refractivity contribution in [3.8, 4) is 11.5 Å². The summed E-state index contributed by atoms with van der Waals surface area (Å²) in [6.07, 6.45) is 3.53. The van der Waals surface area contributed by atoms with Gasteiger partial charge in [0.05, 0.1) is 6.10 Å². The molecule has 0 saturated carbocycles. The molecule has 1 aliphatic carbocycles. The molecule has 1 N–H and O–H groups in total. The first-order valence-corrected chi connectivity index (χ1v) is 9.46. The lowest BCUT2D eigenvalue weighted by atomic mass is 9.59. The summed E-state index contributed by atoms with van der Waals surface area (Å²) < 4.78 is 5.49. The van der Waals surface area contributed by atoms with Gasteiger partial charge < -0.3 is 9.63 Å². The zero-order chi connectivity index (χ0) is 20.0. The Morgan fingerprint density at radius 3 is 2.22 bits per heavy atom. The monoisotopic (exact) mass is 366 g/mol. The number of nitrogens with zero attached hydrogens (tertiary/aromatic N) is 2. The van der Waals surface area contributed by atoms with Gasteiger partial charge in [-0.05, 0) is 34.6 Å². The third kappa shape index (κ3) is 3.51. The Morgan fingerprint density at radius 2 is 1.67 bits per heavy atom. The molecule has 4 heteroatoms. The summed E-state index contributed by atoms with van der Waals surface area (Å²) in [5.41, 5.74) is 2.11. The fourth-order valence-corrected chi connectivity index (χ4v) is 3.30. The zero-order valence-corrected chi connectivity index (χ0v) is 17.4. The standard InChI is InChI=1S/C23H30N2O2/c1-21(2,3)16-13-17(18(26)23(7,14-16)22(4,5)6)19-24-20(27-25-19)15-11-9-8-10-12-15/h8-14,18,26H,1-7H3. The van der Waals surface area contributed by atoms with E-state index in [1.165, 1.54) is 5.57 Å². The number of aliphatic hydroxyl groups is 1. The minimum atomic E-state index is -0.718. The van der Waals surface area contributed by atoms with Crippen molar-refractivity contribution in [2.45, 2.75) is 54.6 Å². The molecule has 2 atom stereocenters. The van der Waals surface area contributed by atoms with E-state index in [-0.39, 0.29) is 10.8 Å². The second-order valence-electron chi connectivity index (χ2n) is 9.67. The summed E-state index contributed by atoms with van der Waals surface area (Å²) >= 11 is 0. The lowest BCUT2D eigenvalue weighted by Crippen LogP contribution is -2.45. The van der Waals surface area contributed by atoms with Gasteiger partial charge in [-0.1, -0.05) is 77.9 Å². The third-order valence-electron chi connectivity index (χ3n) is 5.82. The number of allylic oxidation sites excluding steroid dienone is 2. The van der Waals surface area contributed by atoms with Crippen molar-refractivity contribution in [1.29, 1.82) is 0 Å². The molecule has 0 fully saturated rings. The molecule has 1 heterocycles. The van der Waals surface area contributed by atoms with E-state index in [1.807, 2.05) is 36.4 Å². The van der Waals surface area contributed by atoms with Gasteiger partial charge in [0.15, 0.2) is 0 Å². The lowest BCUT2D eigenvalue weighted by Gasteiger charge is -2.47. The van der Waals surface area contributed by atoms with Gasteiger partial charge in [-0.2, -0.15) is 4.98 Å². The number of aliphatic hydroxyl groups excluding tert-OH is 1. The van der Waals surface area contributed by atoms with Crippen molar-refractivity contribution in [2.75, 3.05) is 0 Å². The molecule has 0 amide bonds. The van der Waals surface area contributed by atoms with Gasteiger partial charge in [-0.15, -0.1) is 0 Å². The van der Waals surface area contributed by atoms with E-state index < -0.39 is 11.5 Å². The third-order valence-corrected chi connectivity index (χ3v) is 5.82. The molecular weight excluding hydrogens is 336 g/mol. The molecule has 27 heavy (non-hydrogen) atoms. The quantitative estimate of drug-likeness (QED) is 0.760. The van der Waals surface area contributed by atoms with Crippen LogP contribution in [0.5, 0.6) is 0 Å². The Kier molecular flexibility index (Phi) is 4.67. The fourth-order valence-electron chi connectivity index (χ4n) is 3.30. The van der Waals surface area contributed by atoms with Crippen LogP contribution < -0.4 is 0 Å². The van der Waals surface area contributed by atoms with Crippen LogP contribution in [-0.4, -0.2) is 21.4 Å². The van der Waals surface area contributed by atoms with Crippen LogP contribution in [0.25, 0.3) is 17.0 Å². The largest absolute Gasteiger partial charge is 0.387 e. The van der Waals surface area contributed by atoms with Crippen molar-refractivity contribution in [1.82, 2.24) is 10.1 Å². The first-order valence-electron chi connectivity index (χ1n) is 9.46. The van der Waals surface area contributed by atoms with Crippen LogP contribution in [0.4, 0.5) is 0 Å². The maximum atomic E-state index is 11.3. The summed E-state index contributed by atoms with van der Waals surface area (Å²) in [5.74, 6) is 0.912. The first kappa shape index (κ1) is 19.6.